The average Bonchev–Trinajstić information content (AvgIpc) is 2.29. The molecule has 4 heteroatoms. The Morgan fingerprint density at radius 1 is 1.00 bits per heavy atom. The lowest BCUT2D eigenvalue weighted by atomic mass is 10.0. The van der Waals surface area contributed by atoms with Crippen LogP contribution < -0.4 is 0 Å². The summed E-state index contributed by atoms with van der Waals surface area (Å²) in [5.41, 5.74) is 0.513. The molecule has 1 aromatic rings. The number of Topliss-reactive ketones (excluding diaryl/α,β-unsaturated/α-hetero) is 2. The van der Waals surface area contributed by atoms with E-state index in [1.165, 1.54) is 0 Å². The molecule has 0 bridgehead atoms. The molecule has 0 radical (unpaired) electrons. The average molecular weight is 234 g/mol. The molecular formula is C13H14O4. The summed E-state index contributed by atoms with van der Waals surface area (Å²) in [4.78, 5) is 33.3. The van der Waals surface area contributed by atoms with Crippen LogP contribution in [0.1, 0.15) is 36.0 Å². The second-order valence-electron chi connectivity index (χ2n) is 3.75. The Balaban J connectivity index is 2.36. The minimum Gasteiger partial charge on any atom is -0.481 e. The predicted octanol–water partition coefficient (Wildman–Crippen LogP) is 2.08. The van der Waals surface area contributed by atoms with Crippen LogP contribution in [0.5, 0.6) is 0 Å². The maximum atomic E-state index is 11.6. The van der Waals surface area contributed by atoms with Crippen LogP contribution >= 0.6 is 0 Å². The van der Waals surface area contributed by atoms with Gasteiger partial charge in [0.1, 0.15) is 5.78 Å². The largest absolute Gasteiger partial charge is 0.481 e. The van der Waals surface area contributed by atoms with Crippen LogP contribution in [0, 0.1) is 0 Å². The van der Waals surface area contributed by atoms with Crippen molar-refractivity contribution in [2.45, 2.75) is 25.7 Å². The topological polar surface area (TPSA) is 71.4 Å². The Morgan fingerprint density at radius 3 is 2.24 bits per heavy atom. The first-order valence-corrected chi connectivity index (χ1v) is 5.41. The fourth-order valence-corrected chi connectivity index (χ4v) is 1.43. The van der Waals surface area contributed by atoms with Crippen molar-refractivity contribution in [1.82, 2.24) is 0 Å². The summed E-state index contributed by atoms with van der Waals surface area (Å²) >= 11 is 0. The highest BCUT2D eigenvalue weighted by Crippen LogP contribution is 2.06. The van der Waals surface area contributed by atoms with Crippen LogP contribution in [-0.4, -0.2) is 22.6 Å². The normalized spacial score (nSPS) is 9.88. The Hall–Kier alpha value is -1.97. The van der Waals surface area contributed by atoms with Gasteiger partial charge in [-0.25, -0.2) is 0 Å². The van der Waals surface area contributed by atoms with Gasteiger partial charge >= 0.3 is 5.97 Å². The van der Waals surface area contributed by atoms with Gasteiger partial charge in [-0.2, -0.15) is 0 Å². The fraction of sp³-hybridized carbons (Fsp3) is 0.308. The zero-order chi connectivity index (χ0) is 12.7. The van der Waals surface area contributed by atoms with Crippen LogP contribution in [0.2, 0.25) is 0 Å². The molecule has 0 amide bonds. The molecule has 1 rings (SSSR count). The van der Waals surface area contributed by atoms with E-state index in [2.05, 4.69) is 0 Å². The number of carbonyl (C=O) groups is 3. The third-order valence-electron chi connectivity index (χ3n) is 2.30. The quantitative estimate of drug-likeness (QED) is 0.579. The summed E-state index contributed by atoms with van der Waals surface area (Å²) in [6.45, 7) is 0. The molecule has 0 heterocycles. The Bertz CT molecular complexity index is 409. The number of ketones is 2. The highest BCUT2D eigenvalue weighted by atomic mass is 16.4. The van der Waals surface area contributed by atoms with Crippen molar-refractivity contribution < 1.29 is 19.5 Å². The highest BCUT2D eigenvalue weighted by Gasteiger charge is 2.11. The summed E-state index contributed by atoms with van der Waals surface area (Å²) in [6.07, 6.45) is 0.246. The van der Waals surface area contributed by atoms with Crippen molar-refractivity contribution in [1.29, 1.82) is 0 Å². The predicted molar refractivity (Wildman–Crippen MR) is 61.9 cm³/mol. The van der Waals surface area contributed by atoms with Crippen molar-refractivity contribution in [3.8, 4) is 0 Å². The first kappa shape index (κ1) is 13.1. The Labute approximate surface area is 99.3 Å². The van der Waals surface area contributed by atoms with Crippen LogP contribution in [0.25, 0.3) is 0 Å². The second kappa shape index (κ2) is 6.58. The van der Waals surface area contributed by atoms with E-state index in [0.29, 0.717) is 5.56 Å². The zero-order valence-corrected chi connectivity index (χ0v) is 9.39. The molecule has 0 saturated carbocycles. The number of hydrogen-bond donors (Lipinski definition) is 1. The molecule has 0 fully saturated rings. The summed E-state index contributed by atoms with van der Waals surface area (Å²) in [5, 5.41) is 8.41. The first-order chi connectivity index (χ1) is 8.09. The number of carboxylic acids is 1. The number of hydrogen-bond acceptors (Lipinski definition) is 3. The number of carbonyl (C=O) groups excluding carboxylic acids is 2. The van der Waals surface area contributed by atoms with Gasteiger partial charge in [0.05, 0.1) is 6.42 Å². The number of rotatable bonds is 7. The lowest BCUT2D eigenvalue weighted by molar-refractivity contribution is -0.137. The molecule has 0 aliphatic rings. The van der Waals surface area contributed by atoms with E-state index < -0.39 is 5.97 Å². The van der Waals surface area contributed by atoms with Crippen molar-refractivity contribution in [2.24, 2.45) is 0 Å². The van der Waals surface area contributed by atoms with Gasteiger partial charge < -0.3 is 5.11 Å². The fourth-order valence-electron chi connectivity index (χ4n) is 1.43. The van der Waals surface area contributed by atoms with E-state index in [9.17, 15) is 14.4 Å². The van der Waals surface area contributed by atoms with Crippen molar-refractivity contribution in [3.63, 3.8) is 0 Å². The molecule has 90 valence electrons. The van der Waals surface area contributed by atoms with Gasteiger partial charge in [0, 0.05) is 18.4 Å². The van der Waals surface area contributed by atoms with Gasteiger partial charge in [0.2, 0.25) is 0 Å². The molecular weight excluding hydrogens is 220 g/mol. The molecule has 0 unspecified atom stereocenters. The van der Waals surface area contributed by atoms with E-state index in [1.807, 2.05) is 0 Å². The molecule has 0 aromatic heterocycles. The summed E-state index contributed by atoms with van der Waals surface area (Å²) in [7, 11) is 0. The lowest BCUT2D eigenvalue weighted by Crippen LogP contribution is -2.08. The molecule has 0 saturated heterocycles. The van der Waals surface area contributed by atoms with Gasteiger partial charge in [-0.1, -0.05) is 30.3 Å². The van der Waals surface area contributed by atoms with Gasteiger partial charge in [-0.05, 0) is 6.42 Å². The molecule has 0 aliphatic carbocycles. The first-order valence-electron chi connectivity index (χ1n) is 5.41. The molecule has 17 heavy (non-hydrogen) atoms. The van der Waals surface area contributed by atoms with Crippen molar-refractivity contribution in [2.75, 3.05) is 0 Å². The molecule has 1 aromatic carbocycles. The van der Waals surface area contributed by atoms with Gasteiger partial charge in [0.15, 0.2) is 5.78 Å². The molecule has 4 nitrogen and oxygen atoms in total. The second-order valence-corrected chi connectivity index (χ2v) is 3.75. The van der Waals surface area contributed by atoms with Crippen LogP contribution in [0.3, 0.4) is 0 Å². The van der Waals surface area contributed by atoms with Crippen molar-refractivity contribution >= 4 is 17.5 Å². The van der Waals surface area contributed by atoms with E-state index in [-0.39, 0.29) is 37.2 Å². The molecule has 0 spiro atoms. The Morgan fingerprint density at radius 2 is 1.65 bits per heavy atom. The minimum absolute atomic E-state index is 0.0364. The maximum Gasteiger partial charge on any atom is 0.303 e. The van der Waals surface area contributed by atoms with E-state index in [4.69, 9.17) is 5.11 Å². The monoisotopic (exact) mass is 234 g/mol. The summed E-state index contributed by atoms with van der Waals surface area (Å²) in [5.74, 6) is -1.35. The van der Waals surface area contributed by atoms with E-state index in [1.54, 1.807) is 30.3 Å². The Kier molecular flexibility index (Phi) is 5.07. The van der Waals surface area contributed by atoms with Crippen LogP contribution in [-0.2, 0) is 9.59 Å². The molecule has 0 atom stereocenters. The highest BCUT2D eigenvalue weighted by molar-refractivity contribution is 6.07. The standard InChI is InChI=1S/C13H14O4/c14-11(7-4-8-13(16)17)9-12(15)10-5-2-1-3-6-10/h1-3,5-6H,4,7-9H2,(H,16,17). The molecule has 1 N–H and O–H groups in total. The third-order valence-corrected chi connectivity index (χ3v) is 2.30. The van der Waals surface area contributed by atoms with E-state index in [0.717, 1.165) is 0 Å². The minimum atomic E-state index is -0.924. The summed E-state index contributed by atoms with van der Waals surface area (Å²) in [6, 6.07) is 8.59. The number of benzene rings is 1. The van der Waals surface area contributed by atoms with Crippen molar-refractivity contribution in [3.05, 3.63) is 35.9 Å². The number of carboxylic acid groups (broad SMARTS) is 1. The molecule has 0 aliphatic heterocycles. The zero-order valence-electron chi connectivity index (χ0n) is 9.39. The van der Waals surface area contributed by atoms with E-state index >= 15 is 0 Å². The smallest absolute Gasteiger partial charge is 0.303 e. The maximum absolute atomic E-state index is 11.6. The van der Waals surface area contributed by atoms with Gasteiger partial charge in [-0.15, -0.1) is 0 Å². The van der Waals surface area contributed by atoms with Crippen LogP contribution in [0.15, 0.2) is 30.3 Å². The summed E-state index contributed by atoms with van der Waals surface area (Å²) < 4.78 is 0. The SMILES string of the molecule is O=C(O)CCCC(=O)CC(=O)c1ccccc1. The van der Waals surface area contributed by atoms with Gasteiger partial charge in [0.25, 0.3) is 0 Å². The lowest BCUT2D eigenvalue weighted by Gasteiger charge is -2.00. The number of aliphatic carboxylic acids is 1. The third kappa shape index (κ3) is 5.06. The van der Waals surface area contributed by atoms with Gasteiger partial charge in [-0.3, -0.25) is 14.4 Å². The van der Waals surface area contributed by atoms with Crippen LogP contribution in [0.4, 0.5) is 0 Å².